The van der Waals surface area contributed by atoms with E-state index in [1.807, 2.05) is 16.7 Å². The average Bonchev–Trinajstić information content (AvgIpc) is 3.36. The summed E-state index contributed by atoms with van der Waals surface area (Å²) < 4.78 is 5.21. The molecule has 7 nitrogen and oxygen atoms in total. The van der Waals surface area contributed by atoms with E-state index in [-0.39, 0.29) is 17.7 Å². The third-order valence-corrected chi connectivity index (χ3v) is 6.23. The van der Waals surface area contributed by atoms with Gasteiger partial charge in [0.15, 0.2) is 5.82 Å². The van der Waals surface area contributed by atoms with E-state index in [9.17, 15) is 9.59 Å². The van der Waals surface area contributed by atoms with Gasteiger partial charge in [-0.2, -0.15) is 4.98 Å². The minimum absolute atomic E-state index is 0.141. The zero-order valence-corrected chi connectivity index (χ0v) is 15.5. The van der Waals surface area contributed by atoms with Crippen molar-refractivity contribution in [2.45, 2.75) is 64.3 Å². The van der Waals surface area contributed by atoms with Gasteiger partial charge in [-0.25, -0.2) is 0 Å². The molecule has 0 N–H and O–H groups in total. The van der Waals surface area contributed by atoms with Crippen molar-refractivity contribution in [3.8, 4) is 0 Å². The molecule has 0 bridgehead atoms. The summed E-state index contributed by atoms with van der Waals surface area (Å²) in [6, 6.07) is 0.379. The highest BCUT2D eigenvalue weighted by Crippen LogP contribution is 2.31. The van der Waals surface area contributed by atoms with Gasteiger partial charge in [0.1, 0.15) is 0 Å². The number of likely N-dealkylation sites (tertiary alicyclic amines) is 2. The first-order valence-corrected chi connectivity index (χ1v) is 9.97. The number of rotatable bonds is 4. The van der Waals surface area contributed by atoms with Gasteiger partial charge in [0.05, 0.1) is 5.92 Å². The maximum atomic E-state index is 12.9. The number of nitrogens with zero attached hydrogens (tertiary/aromatic N) is 4. The molecule has 7 heteroatoms. The molecule has 0 spiro atoms. The van der Waals surface area contributed by atoms with Gasteiger partial charge in [0, 0.05) is 38.5 Å². The fourth-order valence-electron chi connectivity index (χ4n) is 4.75. The van der Waals surface area contributed by atoms with E-state index in [1.165, 1.54) is 12.8 Å². The zero-order valence-electron chi connectivity index (χ0n) is 15.5. The third kappa shape index (κ3) is 3.62. The van der Waals surface area contributed by atoms with Crippen LogP contribution < -0.4 is 0 Å². The predicted octanol–water partition coefficient (Wildman–Crippen LogP) is 1.95. The highest BCUT2D eigenvalue weighted by Gasteiger charge is 2.40. The molecular formula is C19H28N4O3. The highest BCUT2D eigenvalue weighted by molar-refractivity contribution is 5.89. The van der Waals surface area contributed by atoms with Crippen molar-refractivity contribution in [1.29, 1.82) is 0 Å². The van der Waals surface area contributed by atoms with Crippen LogP contribution in [0.1, 0.15) is 56.7 Å². The zero-order chi connectivity index (χ0) is 18.1. The van der Waals surface area contributed by atoms with Crippen LogP contribution in [0.5, 0.6) is 0 Å². The molecule has 3 aliphatic rings. The molecule has 0 radical (unpaired) electrons. The standard InChI is InChI=1S/C19H28N4O3/c1-13-20-17(26-21-13)10-14-6-8-22(9-7-14)19(25)15-11-18(24)23(12-15)16-4-2-3-5-16/h14-16H,2-12H2,1H3. The lowest BCUT2D eigenvalue weighted by molar-refractivity contribution is -0.137. The van der Waals surface area contributed by atoms with Gasteiger partial charge >= 0.3 is 0 Å². The van der Waals surface area contributed by atoms with E-state index in [0.717, 1.165) is 45.2 Å². The first-order chi connectivity index (χ1) is 12.6. The van der Waals surface area contributed by atoms with Crippen LogP contribution in [0.2, 0.25) is 0 Å². The maximum absolute atomic E-state index is 12.9. The molecule has 1 aliphatic carbocycles. The molecule has 4 rings (SSSR count). The Balaban J connectivity index is 1.27. The summed E-state index contributed by atoms with van der Waals surface area (Å²) in [7, 11) is 0. The van der Waals surface area contributed by atoms with Gasteiger partial charge in [-0.3, -0.25) is 9.59 Å². The van der Waals surface area contributed by atoms with Gasteiger partial charge in [-0.05, 0) is 38.5 Å². The molecule has 26 heavy (non-hydrogen) atoms. The smallest absolute Gasteiger partial charge is 0.227 e. The Bertz CT molecular complexity index is 659. The number of amides is 2. The van der Waals surface area contributed by atoms with Crippen LogP contribution in [0.15, 0.2) is 4.52 Å². The normalized spacial score (nSPS) is 25.4. The topological polar surface area (TPSA) is 79.5 Å². The fraction of sp³-hybridized carbons (Fsp3) is 0.789. The van der Waals surface area contributed by atoms with Crippen LogP contribution >= 0.6 is 0 Å². The summed E-state index contributed by atoms with van der Waals surface area (Å²) >= 11 is 0. The largest absolute Gasteiger partial charge is 0.342 e. The molecule has 2 saturated heterocycles. The summed E-state index contributed by atoms with van der Waals surface area (Å²) in [4.78, 5) is 33.5. The van der Waals surface area contributed by atoms with Crippen molar-refractivity contribution in [1.82, 2.24) is 19.9 Å². The SMILES string of the molecule is Cc1noc(CC2CCN(C(=O)C3CC(=O)N(C4CCCC4)C3)CC2)n1. The summed E-state index contributed by atoms with van der Waals surface area (Å²) in [5, 5.41) is 3.84. The van der Waals surface area contributed by atoms with E-state index in [1.54, 1.807) is 0 Å². The van der Waals surface area contributed by atoms with Gasteiger partial charge in [0.2, 0.25) is 17.7 Å². The number of carbonyl (C=O) groups excluding carboxylic acids is 2. The van der Waals surface area contributed by atoms with Gasteiger partial charge in [0.25, 0.3) is 0 Å². The van der Waals surface area contributed by atoms with Crippen molar-refractivity contribution in [3.05, 3.63) is 11.7 Å². The van der Waals surface area contributed by atoms with Crippen molar-refractivity contribution in [2.24, 2.45) is 11.8 Å². The van der Waals surface area contributed by atoms with Crippen LogP contribution in [0.3, 0.4) is 0 Å². The summed E-state index contributed by atoms with van der Waals surface area (Å²) in [5.41, 5.74) is 0. The van der Waals surface area contributed by atoms with Crippen LogP contribution in [-0.4, -0.2) is 57.4 Å². The second-order valence-electron chi connectivity index (χ2n) is 8.09. The Morgan fingerprint density at radius 3 is 2.58 bits per heavy atom. The number of hydrogen-bond acceptors (Lipinski definition) is 5. The number of carbonyl (C=O) groups is 2. The summed E-state index contributed by atoms with van der Waals surface area (Å²) in [6.07, 6.45) is 7.73. The second-order valence-corrected chi connectivity index (χ2v) is 8.09. The van der Waals surface area contributed by atoms with Gasteiger partial charge in [-0.15, -0.1) is 0 Å². The molecule has 2 aliphatic heterocycles. The van der Waals surface area contributed by atoms with Crippen molar-refractivity contribution in [3.63, 3.8) is 0 Å². The minimum Gasteiger partial charge on any atom is -0.342 e. The molecule has 3 heterocycles. The van der Waals surface area contributed by atoms with Crippen LogP contribution in [0, 0.1) is 18.8 Å². The van der Waals surface area contributed by atoms with E-state index < -0.39 is 0 Å². The van der Waals surface area contributed by atoms with E-state index >= 15 is 0 Å². The Morgan fingerprint density at radius 2 is 1.92 bits per heavy atom. The molecule has 1 unspecified atom stereocenters. The third-order valence-electron chi connectivity index (χ3n) is 6.23. The van der Waals surface area contributed by atoms with E-state index in [2.05, 4.69) is 10.1 Å². The Labute approximate surface area is 154 Å². The number of piperidine rings is 1. The Morgan fingerprint density at radius 1 is 1.19 bits per heavy atom. The minimum atomic E-state index is -0.141. The van der Waals surface area contributed by atoms with Crippen LogP contribution in [0.4, 0.5) is 0 Å². The highest BCUT2D eigenvalue weighted by atomic mass is 16.5. The first kappa shape index (κ1) is 17.5. The fourth-order valence-corrected chi connectivity index (χ4v) is 4.75. The lowest BCUT2D eigenvalue weighted by Crippen LogP contribution is -2.43. The quantitative estimate of drug-likeness (QED) is 0.820. The number of hydrogen-bond donors (Lipinski definition) is 0. The second kappa shape index (κ2) is 7.37. The van der Waals surface area contributed by atoms with Crippen molar-refractivity contribution < 1.29 is 14.1 Å². The maximum Gasteiger partial charge on any atom is 0.227 e. The van der Waals surface area contributed by atoms with E-state index in [0.29, 0.717) is 36.6 Å². The lowest BCUT2D eigenvalue weighted by atomic mass is 9.92. The first-order valence-electron chi connectivity index (χ1n) is 9.97. The van der Waals surface area contributed by atoms with E-state index in [4.69, 9.17) is 4.52 Å². The van der Waals surface area contributed by atoms with Crippen LogP contribution in [0.25, 0.3) is 0 Å². The molecule has 142 valence electrons. The molecule has 0 aromatic carbocycles. The lowest BCUT2D eigenvalue weighted by Gasteiger charge is -2.33. The molecule has 3 fully saturated rings. The predicted molar refractivity (Wildman–Crippen MR) is 94.1 cm³/mol. The molecule has 1 aromatic heterocycles. The molecule has 2 amide bonds. The molecule has 1 saturated carbocycles. The summed E-state index contributed by atoms with van der Waals surface area (Å²) in [5.74, 6) is 2.06. The number of aryl methyl sites for hydroxylation is 1. The Kier molecular flexibility index (Phi) is 4.96. The molecule has 1 atom stereocenters. The number of aromatic nitrogens is 2. The monoisotopic (exact) mass is 360 g/mol. The van der Waals surface area contributed by atoms with Crippen molar-refractivity contribution in [2.75, 3.05) is 19.6 Å². The Hall–Kier alpha value is -1.92. The molecular weight excluding hydrogens is 332 g/mol. The summed E-state index contributed by atoms with van der Waals surface area (Å²) in [6.45, 7) is 3.99. The van der Waals surface area contributed by atoms with Crippen molar-refractivity contribution >= 4 is 11.8 Å². The van der Waals surface area contributed by atoms with Crippen LogP contribution in [-0.2, 0) is 16.0 Å². The van der Waals surface area contributed by atoms with Gasteiger partial charge < -0.3 is 14.3 Å². The average molecular weight is 360 g/mol. The van der Waals surface area contributed by atoms with Gasteiger partial charge in [-0.1, -0.05) is 18.0 Å². The molecule has 1 aromatic rings.